The summed E-state index contributed by atoms with van der Waals surface area (Å²) in [6.07, 6.45) is 3.40. The quantitative estimate of drug-likeness (QED) is 0.423. The van der Waals surface area contributed by atoms with E-state index in [4.69, 9.17) is 11.6 Å². The summed E-state index contributed by atoms with van der Waals surface area (Å²) in [5, 5.41) is 9.90. The molecule has 134 valence electrons. The molecule has 0 fully saturated rings. The summed E-state index contributed by atoms with van der Waals surface area (Å²) in [5.74, 6) is 0.857. The van der Waals surface area contributed by atoms with Crippen LogP contribution in [0.4, 0.5) is 4.39 Å². The van der Waals surface area contributed by atoms with Crippen molar-refractivity contribution >= 4 is 23.4 Å². The van der Waals surface area contributed by atoms with Crippen LogP contribution < -0.4 is 0 Å². The van der Waals surface area contributed by atoms with Crippen LogP contribution in [0.15, 0.2) is 78.2 Å². The van der Waals surface area contributed by atoms with Gasteiger partial charge in [0.25, 0.3) is 0 Å². The SMILES string of the molecule is Fc1ccccc1CSc1nnc(-c2ccncc2)n1-c1ccccc1Cl. The third kappa shape index (κ3) is 3.72. The molecule has 0 spiro atoms. The van der Waals surface area contributed by atoms with Gasteiger partial charge in [0.05, 0.1) is 10.7 Å². The summed E-state index contributed by atoms with van der Waals surface area (Å²) in [7, 11) is 0. The van der Waals surface area contributed by atoms with Crippen molar-refractivity contribution in [3.8, 4) is 17.1 Å². The van der Waals surface area contributed by atoms with Crippen LogP contribution >= 0.6 is 23.4 Å². The van der Waals surface area contributed by atoms with Gasteiger partial charge in [0.2, 0.25) is 0 Å². The molecule has 2 aromatic carbocycles. The topological polar surface area (TPSA) is 43.6 Å². The molecule has 0 aliphatic heterocycles. The van der Waals surface area contributed by atoms with Gasteiger partial charge in [0, 0.05) is 23.7 Å². The molecule has 0 radical (unpaired) electrons. The minimum atomic E-state index is -0.233. The molecule has 0 N–H and O–H groups in total. The number of rotatable bonds is 5. The Morgan fingerprint density at radius 2 is 1.67 bits per heavy atom. The van der Waals surface area contributed by atoms with Gasteiger partial charge in [0.15, 0.2) is 11.0 Å². The average molecular weight is 397 g/mol. The fraction of sp³-hybridized carbons (Fsp3) is 0.0500. The van der Waals surface area contributed by atoms with E-state index in [1.807, 2.05) is 47.0 Å². The molecule has 2 aromatic heterocycles. The molecule has 0 unspecified atom stereocenters. The van der Waals surface area contributed by atoms with E-state index in [1.165, 1.54) is 17.8 Å². The van der Waals surface area contributed by atoms with Crippen LogP contribution in [0.5, 0.6) is 0 Å². The maximum absolute atomic E-state index is 14.0. The van der Waals surface area contributed by atoms with Crippen LogP contribution in [0.3, 0.4) is 0 Å². The summed E-state index contributed by atoms with van der Waals surface area (Å²) < 4.78 is 15.9. The number of hydrogen-bond donors (Lipinski definition) is 0. The van der Waals surface area contributed by atoms with Gasteiger partial charge < -0.3 is 0 Å². The Morgan fingerprint density at radius 1 is 0.926 bits per heavy atom. The largest absolute Gasteiger partial charge is 0.268 e. The fourth-order valence-electron chi connectivity index (χ4n) is 2.66. The van der Waals surface area contributed by atoms with Crippen molar-refractivity contribution in [2.24, 2.45) is 0 Å². The van der Waals surface area contributed by atoms with Gasteiger partial charge in [-0.15, -0.1) is 10.2 Å². The molecule has 2 heterocycles. The zero-order valence-electron chi connectivity index (χ0n) is 14.1. The molecule has 0 amide bonds. The Kier molecular flexibility index (Phi) is 5.18. The van der Waals surface area contributed by atoms with Gasteiger partial charge in [-0.05, 0) is 35.9 Å². The monoisotopic (exact) mass is 396 g/mol. The third-order valence-electron chi connectivity index (χ3n) is 3.98. The minimum absolute atomic E-state index is 0.233. The molecular formula is C20H14ClFN4S. The van der Waals surface area contributed by atoms with Crippen LogP contribution in [0.1, 0.15) is 5.56 Å². The van der Waals surface area contributed by atoms with Crippen molar-refractivity contribution in [2.75, 3.05) is 0 Å². The van der Waals surface area contributed by atoms with E-state index in [1.54, 1.807) is 24.5 Å². The Morgan fingerprint density at radius 3 is 2.44 bits per heavy atom. The van der Waals surface area contributed by atoms with E-state index in [-0.39, 0.29) is 5.82 Å². The molecule has 0 bridgehead atoms. The molecule has 4 aromatic rings. The molecule has 4 nitrogen and oxygen atoms in total. The summed E-state index contributed by atoms with van der Waals surface area (Å²) in [5.41, 5.74) is 2.25. The highest BCUT2D eigenvalue weighted by atomic mass is 35.5. The third-order valence-corrected chi connectivity index (χ3v) is 5.28. The van der Waals surface area contributed by atoms with Crippen molar-refractivity contribution in [1.82, 2.24) is 19.7 Å². The predicted molar refractivity (Wildman–Crippen MR) is 106 cm³/mol. The maximum Gasteiger partial charge on any atom is 0.196 e. The van der Waals surface area contributed by atoms with E-state index in [0.29, 0.717) is 27.3 Å². The summed E-state index contributed by atoms with van der Waals surface area (Å²) >= 11 is 7.84. The number of aromatic nitrogens is 4. The molecule has 27 heavy (non-hydrogen) atoms. The smallest absolute Gasteiger partial charge is 0.196 e. The zero-order chi connectivity index (χ0) is 18.6. The van der Waals surface area contributed by atoms with Crippen molar-refractivity contribution in [3.05, 3.63) is 89.5 Å². The predicted octanol–water partition coefficient (Wildman–Crippen LogP) is 5.41. The molecular weight excluding hydrogens is 383 g/mol. The number of pyridine rings is 1. The van der Waals surface area contributed by atoms with Gasteiger partial charge in [-0.1, -0.05) is 53.7 Å². The maximum atomic E-state index is 14.0. The first-order valence-corrected chi connectivity index (χ1v) is 9.57. The molecule has 7 heteroatoms. The van der Waals surface area contributed by atoms with Gasteiger partial charge in [-0.2, -0.15) is 0 Å². The van der Waals surface area contributed by atoms with Gasteiger partial charge in [-0.3, -0.25) is 9.55 Å². The molecule has 0 atom stereocenters. The summed E-state index contributed by atoms with van der Waals surface area (Å²) in [6.45, 7) is 0. The lowest BCUT2D eigenvalue weighted by molar-refractivity contribution is 0.617. The van der Waals surface area contributed by atoms with E-state index >= 15 is 0 Å². The second-order valence-electron chi connectivity index (χ2n) is 5.71. The van der Waals surface area contributed by atoms with Crippen molar-refractivity contribution in [2.45, 2.75) is 10.9 Å². The molecule has 0 saturated carbocycles. The van der Waals surface area contributed by atoms with Crippen LogP contribution in [0.25, 0.3) is 17.1 Å². The van der Waals surface area contributed by atoms with Gasteiger partial charge in [0.1, 0.15) is 5.82 Å². The van der Waals surface area contributed by atoms with E-state index in [9.17, 15) is 4.39 Å². The van der Waals surface area contributed by atoms with Gasteiger partial charge in [-0.25, -0.2) is 4.39 Å². The Balaban J connectivity index is 1.77. The van der Waals surface area contributed by atoms with Crippen molar-refractivity contribution in [1.29, 1.82) is 0 Å². The number of thioether (sulfide) groups is 1. The lowest BCUT2D eigenvalue weighted by Gasteiger charge is -2.12. The number of nitrogens with zero attached hydrogens (tertiary/aromatic N) is 4. The van der Waals surface area contributed by atoms with Crippen LogP contribution in [-0.2, 0) is 5.75 Å². The summed E-state index contributed by atoms with van der Waals surface area (Å²) in [4.78, 5) is 4.05. The zero-order valence-corrected chi connectivity index (χ0v) is 15.7. The standard InChI is InChI=1S/C20H14ClFN4S/c21-16-6-2-4-8-18(16)26-19(14-9-11-23-12-10-14)24-25-20(26)27-13-15-5-1-3-7-17(15)22/h1-12H,13H2. The molecule has 0 aliphatic rings. The first kappa shape index (κ1) is 17.7. The van der Waals surface area contributed by atoms with Crippen LogP contribution in [0.2, 0.25) is 5.02 Å². The van der Waals surface area contributed by atoms with E-state index in [0.717, 1.165) is 11.3 Å². The second kappa shape index (κ2) is 7.90. The van der Waals surface area contributed by atoms with E-state index in [2.05, 4.69) is 15.2 Å². The minimum Gasteiger partial charge on any atom is -0.268 e. The second-order valence-corrected chi connectivity index (χ2v) is 7.06. The molecule has 0 aliphatic carbocycles. The lowest BCUT2D eigenvalue weighted by atomic mass is 10.2. The molecule has 0 saturated heterocycles. The van der Waals surface area contributed by atoms with Crippen molar-refractivity contribution < 1.29 is 4.39 Å². The Bertz CT molecular complexity index is 1070. The summed E-state index contributed by atoms with van der Waals surface area (Å²) in [6, 6.07) is 17.9. The van der Waals surface area contributed by atoms with Crippen molar-refractivity contribution in [3.63, 3.8) is 0 Å². The number of benzene rings is 2. The number of hydrogen-bond acceptors (Lipinski definition) is 4. The first-order valence-electron chi connectivity index (χ1n) is 8.21. The average Bonchev–Trinajstić information content (AvgIpc) is 3.12. The Labute approximate surface area is 165 Å². The fourth-order valence-corrected chi connectivity index (χ4v) is 3.81. The first-order chi connectivity index (χ1) is 13.2. The van der Waals surface area contributed by atoms with Crippen LogP contribution in [-0.4, -0.2) is 19.7 Å². The number of halogens is 2. The Hall–Kier alpha value is -2.70. The lowest BCUT2D eigenvalue weighted by Crippen LogP contribution is -2.01. The van der Waals surface area contributed by atoms with Gasteiger partial charge >= 0.3 is 0 Å². The normalized spacial score (nSPS) is 10.9. The highest BCUT2D eigenvalue weighted by Gasteiger charge is 2.18. The highest BCUT2D eigenvalue weighted by Crippen LogP contribution is 2.32. The highest BCUT2D eigenvalue weighted by molar-refractivity contribution is 7.98. The molecule has 4 rings (SSSR count). The van der Waals surface area contributed by atoms with Crippen LogP contribution in [0, 0.1) is 5.82 Å². The number of para-hydroxylation sites is 1. The van der Waals surface area contributed by atoms with E-state index < -0.39 is 0 Å².